The van der Waals surface area contributed by atoms with E-state index in [0.29, 0.717) is 6.42 Å². The normalized spacial score (nSPS) is 15.3. The third-order valence-corrected chi connectivity index (χ3v) is 7.61. The summed E-state index contributed by atoms with van der Waals surface area (Å²) in [6.07, 6.45) is 6.85. The summed E-state index contributed by atoms with van der Waals surface area (Å²) in [4.78, 5) is 9.83. The van der Waals surface area contributed by atoms with Crippen molar-refractivity contribution in [1.82, 2.24) is 9.88 Å². The molecule has 3 aromatic carbocycles. The molecule has 4 aromatic rings. The van der Waals surface area contributed by atoms with Crippen LogP contribution in [0.4, 0.5) is 5.82 Å². The highest BCUT2D eigenvalue weighted by Crippen LogP contribution is 2.40. The lowest BCUT2D eigenvalue weighted by atomic mass is 9.82. The number of aliphatic hydroxyl groups is 1. The molecule has 4 nitrogen and oxygen atoms in total. The van der Waals surface area contributed by atoms with Crippen LogP contribution in [0.15, 0.2) is 95.5 Å². The second kappa shape index (κ2) is 11.2. The van der Waals surface area contributed by atoms with E-state index in [9.17, 15) is 5.11 Å². The lowest BCUT2D eigenvalue weighted by Crippen LogP contribution is -2.33. The molecule has 0 saturated heterocycles. The van der Waals surface area contributed by atoms with Gasteiger partial charge in [0.05, 0.1) is 5.52 Å². The van der Waals surface area contributed by atoms with Crippen molar-refractivity contribution in [2.45, 2.75) is 24.9 Å². The van der Waals surface area contributed by atoms with E-state index in [2.05, 4.69) is 86.4 Å². The molecule has 1 aliphatic rings. The Labute approximate surface area is 228 Å². The maximum absolute atomic E-state index is 12.4. The summed E-state index contributed by atoms with van der Waals surface area (Å²) >= 11 is 3.75. The van der Waals surface area contributed by atoms with Crippen molar-refractivity contribution in [3.05, 3.63) is 118 Å². The number of fused-ring (bicyclic) bond motifs is 1. The molecular formula is C32H34BrN3O. The van der Waals surface area contributed by atoms with E-state index >= 15 is 0 Å². The first-order valence-electron chi connectivity index (χ1n) is 12.9. The number of halogens is 1. The summed E-state index contributed by atoms with van der Waals surface area (Å²) in [5.74, 6) is 1.01. The lowest BCUT2D eigenvalue weighted by Gasteiger charge is -2.33. The Morgan fingerprint density at radius 2 is 1.70 bits per heavy atom. The van der Waals surface area contributed by atoms with Gasteiger partial charge in [-0.25, -0.2) is 4.98 Å². The van der Waals surface area contributed by atoms with E-state index in [-0.39, 0.29) is 0 Å². The van der Waals surface area contributed by atoms with Gasteiger partial charge in [-0.3, -0.25) is 0 Å². The first kappa shape index (κ1) is 25.7. The van der Waals surface area contributed by atoms with Gasteiger partial charge >= 0.3 is 0 Å². The summed E-state index contributed by atoms with van der Waals surface area (Å²) in [6, 6.07) is 27.0. The van der Waals surface area contributed by atoms with Crippen molar-refractivity contribution in [2.24, 2.45) is 0 Å². The van der Waals surface area contributed by atoms with Crippen molar-refractivity contribution in [3.8, 4) is 0 Å². The maximum atomic E-state index is 12.4. The van der Waals surface area contributed by atoms with Crippen LogP contribution < -0.4 is 4.90 Å². The minimum atomic E-state index is -1.18. The molecule has 0 spiro atoms. The summed E-state index contributed by atoms with van der Waals surface area (Å²) in [5.41, 5.74) is 3.86. The number of pyridine rings is 1. The Morgan fingerprint density at radius 1 is 0.973 bits per heavy atom. The van der Waals surface area contributed by atoms with Crippen LogP contribution in [0, 0.1) is 0 Å². The van der Waals surface area contributed by atoms with Gasteiger partial charge < -0.3 is 14.9 Å². The highest BCUT2D eigenvalue weighted by atomic mass is 79.9. The monoisotopic (exact) mass is 555 g/mol. The van der Waals surface area contributed by atoms with Gasteiger partial charge in [0.25, 0.3) is 0 Å². The van der Waals surface area contributed by atoms with Crippen molar-refractivity contribution >= 4 is 32.7 Å². The van der Waals surface area contributed by atoms with E-state index in [1.807, 2.05) is 44.4 Å². The van der Waals surface area contributed by atoms with Gasteiger partial charge in [-0.2, -0.15) is 0 Å². The van der Waals surface area contributed by atoms with Crippen LogP contribution in [-0.4, -0.2) is 48.7 Å². The SMILES string of the molecule is CN(C)CCC(O)(c1ccccc1)c1cc(Br)cc2cc(Cc3ccccc3)c(N3CC=CCC3)nc12. The zero-order valence-corrected chi connectivity index (χ0v) is 23.2. The van der Waals surface area contributed by atoms with Gasteiger partial charge in [-0.1, -0.05) is 88.7 Å². The molecule has 5 rings (SSSR count). The molecule has 0 amide bonds. The minimum absolute atomic E-state index is 0.560. The molecule has 0 saturated carbocycles. The standard InChI is InChI=1S/C32H34BrN3O/c1-35(2)19-16-32(37,27-14-8-4-9-15-27)29-23-28(33)22-25-21-26(20-24-12-6-3-7-13-24)31(34-30(25)29)36-17-10-5-11-18-36/h3-10,12-15,21-23,37H,11,16-20H2,1-2H3. The molecule has 0 fully saturated rings. The number of benzene rings is 3. The van der Waals surface area contributed by atoms with Gasteiger partial charge in [0, 0.05) is 41.5 Å². The van der Waals surface area contributed by atoms with Crippen LogP contribution in [-0.2, 0) is 12.0 Å². The zero-order chi connectivity index (χ0) is 25.8. The van der Waals surface area contributed by atoms with Crippen LogP contribution >= 0.6 is 15.9 Å². The van der Waals surface area contributed by atoms with Gasteiger partial charge in [0.1, 0.15) is 11.4 Å². The Kier molecular flexibility index (Phi) is 7.75. The van der Waals surface area contributed by atoms with E-state index in [4.69, 9.17) is 4.98 Å². The van der Waals surface area contributed by atoms with Gasteiger partial charge in [-0.15, -0.1) is 0 Å². The predicted molar refractivity (Wildman–Crippen MR) is 157 cm³/mol. The zero-order valence-electron chi connectivity index (χ0n) is 21.6. The van der Waals surface area contributed by atoms with Gasteiger partial charge in [-0.05, 0) is 61.8 Å². The molecule has 1 unspecified atom stereocenters. The first-order valence-corrected chi connectivity index (χ1v) is 13.7. The second-order valence-corrected chi connectivity index (χ2v) is 11.1. The fourth-order valence-corrected chi connectivity index (χ4v) is 5.66. The lowest BCUT2D eigenvalue weighted by molar-refractivity contribution is 0.0641. The highest BCUT2D eigenvalue weighted by molar-refractivity contribution is 9.10. The molecule has 1 N–H and O–H groups in total. The van der Waals surface area contributed by atoms with Gasteiger partial charge in [0.2, 0.25) is 0 Å². The molecule has 1 aromatic heterocycles. The topological polar surface area (TPSA) is 39.6 Å². The van der Waals surface area contributed by atoms with E-state index in [1.54, 1.807) is 0 Å². The molecule has 2 heterocycles. The molecule has 190 valence electrons. The van der Waals surface area contributed by atoms with Crippen molar-refractivity contribution in [3.63, 3.8) is 0 Å². The van der Waals surface area contributed by atoms with Crippen LogP contribution in [0.5, 0.6) is 0 Å². The Hall–Kier alpha value is -2.99. The number of anilines is 1. The molecule has 1 atom stereocenters. The number of hydrogen-bond acceptors (Lipinski definition) is 4. The van der Waals surface area contributed by atoms with Crippen LogP contribution in [0.2, 0.25) is 0 Å². The minimum Gasteiger partial charge on any atom is -0.380 e. The smallest absolute Gasteiger partial charge is 0.133 e. The van der Waals surface area contributed by atoms with E-state index in [0.717, 1.165) is 64.8 Å². The summed E-state index contributed by atoms with van der Waals surface area (Å²) in [7, 11) is 4.08. The molecule has 37 heavy (non-hydrogen) atoms. The van der Waals surface area contributed by atoms with Crippen LogP contribution in [0.1, 0.15) is 35.1 Å². The van der Waals surface area contributed by atoms with Crippen molar-refractivity contribution in [1.29, 1.82) is 0 Å². The fourth-order valence-electron chi connectivity index (χ4n) is 5.19. The third kappa shape index (κ3) is 5.64. The molecule has 0 radical (unpaired) electrons. The summed E-state index contributed by atoms with van der Waals surface area (Å²) < 4.78 is 0.940. The van der Waals surface area contributed by atoms with Crippen LogP contribution in [0.25, 0.3) is 10.9 Å². The van der Waals surface area contributed by atoms with E-state index in [1.165, 1.54) is 11.1 Å². The number of rotatable bonds is 8. The quantitative estimate of drug-likeness (QED) is 0.250. The van der Waals surface area contributed by atoms with E-state index < -0.39 is 5.60 Å². The molecule has 0 bridgehead atoms. The number of hydrogen-bond donors (Lipinski definition) is 1. The average molecular weight is 557 g/mol. The average Bonchev–Trinajstić information content (AvgIpc) is 2.92. The third-order valence-electron chi connectivity index (χ3n) is 7.15. The van der Waals surface area contributed by atoms with Gasteiger partial charge in [0.15, 0.2) is 0 Å². The number of aromatic nitrogens is 1. The maximum Gasteiger partial charge on any atom is 0.133 e. The first-order chi connectivity index (χ1) is 17.9. The van der Waals surface area contributed by atoms with Crippen molar-refractivity contribution < 1.29 is 5.11 Å². The number of nitrogens with zero attached hydrogens (tertiary/aromatic N) is 3. The second-order valence-electron chi connectivity index (χ2n) is 10.1. The molecular weight excluding hydrogens is 522 g/mol. The summed E-state index contributed by atoms with van der Waals surface area (Å²) in [6.45, 7) is 2.53. The molecule has 5 heteroatoms. The van der Waals surface area contributed by atoms with Crippen molar-refractivity contribution in [2.75, 3.05) is 38.6 Å². The van der Waals surface area contributed by atoms with Crippen LogP contribution in [0.3, 0.4) is 0 Å². The molecule has 1 aliphatic heterocycles. The highest BCUT2D eigenvalue weighted by Gasteiger charge is 2.34. The summed E-state index contributed by atoms with van der Waals surface area (Å²) in [5, 5.41) is 13.5. The molecule has 0 aliphatic carbocycles. The fraction of sp³-hybridized carbons (Fsp3) is 0.281. The Morgan fingerprint density at radius 3 is 2.38 bits per heavy atom. The predicted octanol–water partition coefficient (Wildman–Crippen LogP) is 6.54. The largest absolute Gasteiger partial charge is 0.380 e. The Balaban J connectivity index is 1.72. The Bertz CT molecular complexity index is 1390.